The van der Waals surface area contributed by atoms with Crippen molar-refractivity contribution in [3.8, 4) is 0 Å². The van der Waals surface area contributed by atoms with Gasteiger partial charge in [-0.15, -0.1) is 12.6 Å². The van der Waals surface area contributed by atoms with E-state index in [1.54, 1.807) is 6.07 Å². The smallest absolute Gasteiger partial charge is 0.341 e. The van der Waals surface area contributed by atoms with Crippen molar-refractivity contribution in [2.75, 3.05) is 7.11 Å². The number of benzene rings is 1. The number of carbonyl (C=O) groups excluding carboxylic acids is 1. The molecule has 5 heteroatoms. The number of hydrogen-bond donors (Lipinski definition) is 2. The first-order valence-electron chi connectivity index (χ1n) is 3.97. The van der Waals surface area contributed by atoms with Gasteiger partial charge in [-0.3, -0.25) is 0 Å². The number of esters is 1. The van der Waals surface area contributed by atoms with Crippen LogP contribution in [0.15, 0.2) is 23.4 Å². The van der Waals surface area contributed by atoms with Crippen LogP contribution in [0.25, 0.3) is 11.0 Å². The van der Waals surface area contributed by atoms with E-state index in [1.165, 1.54) is 13.4 Å². The van der Waals surface area contributed by atoms with Crippen LogP contribution < -0.4 is 0 Å². The summed E-state index contributed by atoms with van der Waals surface area (Å²) >= 11 is 4.19. The molecule has 72 valence electrons. The Morgan fingerprint density at radius 3 is 3.07 bits per heavy atom. The number of hydrogen-bond acceptors (Lipinski definition) is 4. The molecule has 0 atom stereocenters. The van der Waals surface area contributed by atoms with Crippen molar-refractivity contribution in [1.29, 1.82) is 0 Å². The molecule has 0 bridgehead atoms. The predicted octanol–water partition coefficient (Wildman–Crippen LogP) is 1.64. The number of imidazole rings is 1. The van der Waals surface area contributed by atoms with Crippen LogP contribution in [-0.2, 0) is 4.74 Å². The van der Waals surface area contributed by atoms with Crippen molar-refractivity contribution in [2.45, 2.75) is 4.90 Å². The molecular formula is C9H8N2O2S. The third-order valence-electron chi connectivity index (χ3n) is 1.96. The van der Waals surface area contributed by atoms with Gasteiger partial charge in [-0.05, 0) is 12.1 Å². The summed E-state index contributed by atoms with van der Waals surface area (Å²) < 4.78 is 4.65. The minimum absolute atomic E-state index is 0.398. The minimum atomic E-state index is -0.423. The fourth-order valence-corrected chi connectivity index (χ4v) is 1.57. The Kier molecular flexibility index (Phi) is 2.17. The van der Waals surface area contributed by atoms with E-state index in [9.17, 15) is 4.79 Å². The van der Waals surface area contributed by atoms with E-state index in [0.29, 0.717) is 16.0 Å². The molecule has 0 saturated carbocycles. The Morgan fingerprint density at radius 2 is 2.36 bits per heavy atom. The number of methoxy groups -OCH3 is 1. The first-order chi connectivity index (χ1) is 6.74. The van der Waals surface area contributed by atoms with Crippen molar-refractivity contribution in [3.05, 3.63) is 24.0 Å². The summed E-state index contributed by atoms with van der Waals surface area (Å²) in [5.74, 6) is -0.423. The van der Waals surface area contributed by atoms with E-state index < -0.39 is 5.97 Å². The summed E-state index contributed by atoms with van der Waals surface area (Å²) in [5, 5.41) is 0. The van der Waals surface area contributed by atoms with Crippen LogP contribution in [-0.4, -0.2) is 23.0 Å². The molecule has 0 amide bonds. The number of ether oxygens (including phenoxy) is 1. The van der Waals surface area contributed by atoms with Crippen LogP contribution >= 0.6 is 12.6 Å². The molecule has 0 saturated heterocycles. The zero-order valence-electron chi connectivity index (χ0n) is 7.44. The summed E-state index contributed by atoms with van der Waals surface area (Å²) in [6.45, 7) is 0. The van der Waals surface area contributed by atoms with Gasteiger partial charge >= 0.3 is 5.97 Å². The zero-order chi connectivity index (χ0) is 10.1. The van der Waals surface area contributed by atoms with Crippen LogP contribution in [0.3, 0.4) is 0 Å². The minimum Gasteiger partial charge on any atom is -0.465 e. The van der Waals surface area contributed by atoms with Gasteiger partial charge < -0.3 is 9.72 Å². The first kappa shape index (κ1) is 9.08. The largest absolute Gasteiger partial charge is 0.465 e. The summed E-state index contributed by atoms with van der Waals surface area (Å²) in [5.41, 5.74) is 1.78. The van der Waals surface area contributed by atoms with E-state index in [1.807, 2.05) is 6.07 Å². The Balaban J connectivity index is 2.76. The van der Waals surface area contributed by atoms with E-state index in [2.05, 4.69) is 27.3 Å². The maximum atomic E-state index is 11.4. The molecule has 0 aliphatic carbocycles. The lowest BCUT2D eigenvalue weighted by atomic mass is 10.2. The van der Waals surface area contributed by atoms with Crippen LogP contribution in [0.1, 0.15) is 10.4 Å². The average Bonchev–Trinajstić information content (AvgIpc) is 2.64. The molecular weight excluding hydrogens is 200 g/mol. The number of nitrogens with one attached hydrogen (secondary N) is 1. The molecule has 0 unspecified atom stereocenters. The maximum Gasteiger partial charge on any atom is 0.341 e. The molecule has 14 heavy (non-hydrogen) atoms. The molecule has 1 aromatic heterocycles. The van der Waals surface area contributed by atoms with Gasteiger partial charge in [-0.1, -0.05) is 0 Å². The Morgan fingerprint density at radius 1 is 1.57 bits per heavy atom. The number of aromatic amines is 1. The number of nitrogens with zero attached hydrogens (tertiary/aromatic N) is 1. The predicted molar refractivity (Wildman–Crippen MR) is 54.7 cm³/mol. The lowest BCUT2D eigenvalue weighted by Crippen LogP contribution is -2.03. The summed E-state index contributed by atoms with van der Waals surface area (Å²) in [6.07, 6.45) is 1.53. The first-order valence-corrected chi connectivity index (χ1v) is 4.42. The van der Waals surface area contributed by atoms with E-state index >= 15 is 0 Å². The molecule has 0 spiro atoms. The second kappa shape index (κ2) is 3.34. The molecule has 0 radical (unpaired) electrons. The van der Waals surface area contributed by atoms with Crippen molar-refractivity contribution in [1.82, 2.24) is 9.97 Å². The number of rotatable bonds is 1. The Labute approximate surface area is 85.7 Å². The molecule has 1 heterocycles. The van der Waals surface area contributed by atoms with Crippen LogP contribution in [0.2, 0.25) is 0 Å². The summed E-state index contributed by atoms with van der Waals surface area (Å²) in [4.78, 5) is 18.9. The van der Waals surface area contributed by atoms with Gasteiger partial charge in [0.05, 0.1) is 19.0 Å². The van der Waals surface area contributed by atoms with E-state index in [4.69, 9.17) is 0 Å². The fourth-order valence-electron chi connectivity index (χ4n) is 1.30. The molecule has 2 aromatic rings. The van der Waals surface area contributed by atoms with Crippen LogP contribution in [0.4, 0.5) is 0 Å². The van der Waals surface area contributed by atoms with E-state index in [0.717, 1.165) is 5.52 Å². The second-order valence-corrected chi connectivity index (χ2v) is 3.23. The molecule has 0 aliphatic heterocycles. The molecule has 0 aliphatic rings. The fraction of sp³-hybridized carbons (Fsp3) is 0.111. The van der Waals surface area contributed by atoms with Gasteiger partial charge in [0.25, 0.3) is 0 Å². The standard InChI is InChI=1S/C9H8N2O2S/c1-13-9(12)7-6(14)3-2-5-8(7)11-4-10-5/h2-4,14H,1H3,(H,10,11). The number of H-pyrrole nitrogens is 1. The number of aromatic nitrogens is 2. The highest BCUT2D eigenvalue weighted by Crippen LogP contribution is 2.22. The van der Waals surface area contributed by atoms with Gasteiger partial charge in [0.1, 0.15) is 11.1 Å². The summed E-state index contributed by atoms with van der Waals surface area (Å²) in [7, 11) is 1.33. The third kappa shape index (κ3) is 1.26. The molecule has 0 fully saturated rings. The summed E-state index contributed by atoms with van der Waals surface area (Å²) in [6, 6.07) is 3.55. The number of thiol groups is 1. The van der Waals surface area contributed by atoms with Crippen LogP contribution in [0, 0.1) is 0 Å². The van der Waals surface area contributed by atoms with Crippen molar-refractivity contribution < 1.29 is 9.53 Å². The second-order valence-electron chi connectivity index (χ2n) is 2.75. The molecule has 1 N–H and O–H groups in total. The van der Waals surface area contributed by atoms with Crippen molar-refractivity contribution in [2.24, 2.45) is 0 Å². The molecule has 4 nitrogen and oxygen atoms in total. The van der Waals surface area contributed by atoms with Crippen molar-refractivity contribution >= 4 is 29.6 Å². The van der Waals surface area contributed by atoms with Gasteiger partial charge in [-0.2, -0.15) is 0 Å². The third-order valence-corrected chi connectivity index (χ3v) is 2.33. The number of fused-ring (bicyclic) bond motifs is 1. The van der Waals surface area contributed by atoms with Gasteiger partial charge in [0.2, 0.25) is 0 Å². The SMILES string of the molecule is COC(=O)c1c(S)ccc2[nH]cnc12. The van der Waals surface area contributed by atoms with E-state index in [-0.39, 0.29) is 0 Å². The average molecular weight is 208 g/mol. The zero-order valence-corrected chi connectivity index (χ0v) is 8.34. The van der Waals surface area contributed by atoms with Crippen molar-refractivity contribution in [3.63, 3.8) is 0 Å². The number of carbonyl (C=O) groups is 1. The highest BCUT2D eigenvalue weighted by molar-refractivity contribution is 7.80. The maximum absolute atomic E-state index is 11.4. The van der Waals surface area contributed by atoms with Gasteiger partial charge in [0.15, 0.2) is 0 Å². The Bertz CT molecular complexity index is 493. The van der Waals surface area contributed by atoms with Gasteiger partial charge in [0, 0.05) is 4.90 Å². The normalized spacial score (nSPS) is 10.4. The Hall–Kier alpha value is -1.49. The molecule has 1 aromatic carbocycles. The highest BCUT2D eigenvalue weighted by Gasteiger charge is 2.15. The van der Waals surface area contributed by atoms with Crippen LogP contribution in [0.5, 0.6) is 0 Å². The lowest BCUT2D eigenvalue weighted by Gasteiger charge is -2.02. The topological polar surface area (TPSA) is 55.0 Å². The quantitative estimate of drug-likeness (QED) is 0.553. The lowest BCUT2D eigenvalue weighted by molar-refractivity contribution is 0.0599. The monoisotopic (exact) mass is 208 g/mol. The highest BCUT2D eigenvalue weighted by atomic mass is 32.1. The van der Waals surface area contributed by atoms with Gasteiger partial charge in [-0.25, -0.2) is 9.78 Å². The molecule has 2 rings (SSSR count).